The number of thiophene rings is 1. The molecule has 1 rings (SSSR count). The van der Waals surface area contributed by atoms with Gasteiger partial charge in [-0.3, -0.25) is 0 Å². The first-order valence-electron chi connectivity index (χ1n) is 6.10. The maximum absolute atomic E-state index is 10.0. The van der Waals surface area contributed by atoms with Crippen molar-refractivity contribution in [2.24, 2.45) is 5.92 Å². The third-order valence-electron chi connectivity index (χ3n) is 2.81. The van der Waals surface area contributed by atoms with Crippen LogP contribution in [0.25, 0.3) is 0 Å². The molecule has 0 amide bonds. The Bertz CT molecular complexity index is 298. The maximum atomic E-state index is 10.0. The molecule has 4 heteroatoms. The van der Waals surface area contributed by atoms with Crippen LogP contribution in [0.15, 0.2) is 17.5 Å². The van der Waals surface area contributed by atoms with Crippen LogP contribution >= 0.6 is 11.3 Å². The average Bonchev–Trinajstić information content (AvgIpc) is 2.76. The van der Waals surface area contributed by atoms with Crippen molar-refractivity contribution >= 4 is 11.3 Å². The van der Waals surface area contributed by atoms with E-state index in [1.54, 1.807) is 11.3 Å². The minimum Gasteiger partial charge on any atom is -0.386 e. The van der Waals surface area contributed by atoms with Gasteiger partial charge >= 0.3 is 0 Å². The van der Waals surface area contributed by atoms with Crippen LogP contribution in [0, 0.1) is 5.92 Å². The Morgan fingerprint density at radius 2 is 2.12 bits per heavy atom. The van der Waals surface area contributed by atoms with Crippen molar-refractivity contribution in [2.75, 3.05) is 27.2 Å². The average molecular weight is 256 g/mol. The van der Waals surface area contributed by atoms with Gasteiger partial charge in [0, 0.05) is 24.0 Å². The zero-order chi connectivity index (χ0) is 12.8. The number of nitrogens with zero attached hydrogens (tertiary/aromatic N) is 1. The van der Waals surface area contributed by atoms with Crippen molar-refractivity contribution in [2.45, 2.75) is 26.0 Å². The van der Waals surface area contributed by atoms with Gasteiger partial charge in [0.25, 0.3) is 0 Å². The van der Waals surface area contributed by atoms with Crippen LogP contribution < -0.4 is 5.32 Å². The predicted octanol–water partition coefficient (Wildman–Crippen LogP) is 1.96. The zero-order valence-corrected chi connectivity index (χ0v) is 12.0. The molecule has 2 N–H and O–H groups in total. The van der Waals surface area contributed by atoms with E-state index in [0.717, 1.165) is 11.4 Å². The van der Waals surface area contributed by atoms with E-state index in [1.165, 1.54) is 0 Å². The summed E-state index contributed by atoms with van der Waals surface area (Å²) in [6.07, 6.45) is -0.390. The normalized spacial score (nSPS) is 15.5. The summed E-state index contributed by atoms with van der Waals surface area (Å²) in [5, 5.41) is 15.5. The molecule has 0 saturated carbocycles. The molecule has 1 aromatic rings. The van der Waals surface area contributed by atoms with E-state index >= 15 is 0 Å². The summed E-state index contributed by atoms with van der Waals surface area (Å²) in [7, 11) is 4.15. The lowest BCUT2D eigenvalue weighted by Crippen LogP contribution is -2.43. The Hall–Kier alpha value is -0.420. The molecule has 0 aromatic carbocycles. The number of aliphatic hydroxyl groups excluding tert-OH is 1. The van der Waals surface area contributed by atoms with Gasteiger partial charge in [0.2, 0.25) is 0 Å². The van der Waals surface area contributed by atoms with Crippen molar-refractivity contribution in [3.63, 3.8) is 0 Å². The fraction of sp³-hybridized carbons (Fsp3) is 0.692. The minimum atomic E-state index is -0.390. The van der Waals surface area contributed by atoms with Gasteiger partial charge in [-0.2, -0.15) is 0 Å². The van der Waals surface area contributed by atoms with Crippen molar-refractivity contribution in [3.05, 3.63) is 22.4 Å². The van der Waals surface area contributed by atoms with Gasteiger partial charge in [-0.25, -0.2) is 0 Å². The summed E-state index contributed by atoms with van der Waals surface area (Å²) in [6.45, 7) is 6.03. The van der Waals surface area contributed by atoms with Gasteiger partial charge in [0.05, 0.1) is 0 Å². The van der Waals surface area contributed by atoms with E-state index in [2.05, 4.69) is 38.2 Å². The highest BCUT2D eigenvalue weighted by molar-refractivity contribution is 7.10. The molecule has 2 atom stereocenters. The van der Waals surface area contributed by atoms with Gasteiger partial charge in [0.15, 0.2) is 0 Å². The highest BCUT2D eigenvalue weighted by Gasteiger charge is 2.16. The molecule has 0 aliphatic rings. The molecular weight excluding hydrogens is 232 g/mol. The van der Waals surface area contributed by atoms with E-state index in [9.17, 15) is 5.11 Å². The van der Waals surface area contributed by atoms with E-state index in [0.29, 0.717) is 18.5 Å². The largest absolute Gasteiger partial charge is 0.386 e. The van der Waals surface area contributed by atoms with Crippen LogP contribution in [0.3, 0.4) is 0 Å². The summed E-state index contributed by atoms with van der Waals surface area (Å²) in [6, 6.07) is 4.37. The highest BCUT2D eigenvalue weighted by atomic mass is 32.1. The molecule has 1 aromatic heterocycles. The van der Waals surface area contributed by atoms with Gasteiger partial charge in [-0.1, -0.05) is 19.9 Å². The van der Waals surface area contributed by atoms with Crippen molar-refractivity contribution in [1.29, 1.82) is 0 Å². The molecule has 0 spiro atoms. The molecule has 0 bridgehead atoms. The van der Waals surface area contributed by atoms with Gasteiger partial charge in [-0.05, 0) is 31.5 Å². The molecule has 98 valence electrons. The Morgan fingerprint density at radius 1 is 1.41 bits per heavy atom. The van der Waals surface area contributed by atoms with Gasteiger partial charge in [0.1, 0.15) is 6.10 Å². The predicted molar refractivity (Wildman–Crippen MR) is 74.5 cm³/mol. The first kappa shape index (κ1) is 14.6. The lowest BCUT2D eigenvalue weighted by molar-refractivity contribution is 0.163. The minimum absolute atomic E-state index is 0.390. The molecule has 2 unspecified atom stereocenters. The molecule has 0 aliphatic heterocycles. The van der Waals surface area contributed by atoms with Crippen molar-refractivity contribution in [3.8, 4) is 0 Å². The van der Waals surface area contributed by atoms with Crippen LogP contribution in [0.5, 0.6) is 0 Å². The van der Waals surface area contributed by atoms with Crippen molar-refractivity contribution in [1.82, 2.24) is 10.2 Å². The van der Waals surface area contributed by atoms with Gasteiger partial charge in [-0.15, -0.1) is 11.3 Å². The second-order valence-corrected chi connectivity index (χ2v) is 6.03. The molecule has 0 aliphatic carbocycles. The number of hydrogen-bond donors (Lipinski definition) is 2. The molecule has 0 saturated heterocycles. The molecule has 3 nitrogen and oxygen atoms in total. The number of rotatable bonds is 7. The summed E-state index contributed by atoms with van der Waals surface area (Å²) < 4.78 is 0. The number of aliphatic hydroxyl groups is 1. The molecule has 0 radical (unpaired) electrons. The third kappa shape index (κ3) is 5.17. The molecular formula is C13H24N2OS. The molecule has 17 heavy (non-hydrogen) atoms. The van der Waals surface area contributed by atoms with Crippen LogP contribution in [0.2, 0.25) is 0 Å². The lowest BCUT2D eigenvalue weighted by Gasteiger charge is -2.26. The van der Waals surface area contributed by atoms with Crippen LogP contribution in [-0.2, 0) is 0 Å². The van der Waals surface area contributed by atoms with E-state index in [-0.39, 0.29) is 0 Å². The fourth-order valence-corrected chi connectivity index (χ4v) is 2.46. The second kappa shape index (κ2) is 7.11. The number of nitrogens with one attached hydrogen (secondary N) is 1. The SMILES string of the molecule is CC(C)C(CN(C)C)NCC(O)c1cccs1. The van der Waals surface area contributed by atoms with E-state index in [1.807, 2.05) is 17.5 Å². The zero-order valence-electron chi connectivity index (χ0n) is 11.2. The Labute approximate surface area is 108 Å². The van der Waals surface area contributed by atoms with E-state index in [4.69, 9.17) is 0 Å². The quantitative estimate of drug-likeness (QED) is 0.783. The highest BCUT2D eigenvalue weighted by Crippen LogP contribution is 2.18. The molecule has 1 heterocycles. The van der Waals surface area contributed by atoms with Gasteiger partial charge < -0.3 is 15.3 Å². The van der Waals surface area contributed by atoms with Crippen LogP contribution in [0.1, 0.15) is 24.8 Å². The first-order valence-corrected chi connectivity index (χ1v) is 6.98. The third-order valence-corrected chi connectivity index (χ3v) is 3.79. The summed E-state index contributed by atoms with van der Waals surface area (Å²) in [4.78, 5) is 3.21. The summed E-state index contributed by atoms with van der Waals surface area (Å²) in [5.74, 6) is 0.563. The van der Waals surface area contributed by atoms with Crippen LogP contribution in [-0.4, -0.2) is 43.2 Å². The fourth-order valence-electron chi connectivity index (χ4n) is 1.75. The maximum Gasteiger partial charge on any atom is 0.101 e. The smallest absolute Gasteiger partial charge is 0.101 e. The number of likely N-dealkylation sites (N-methyl/N-ethyl adjacent to an activating group) is 1. The lowest BCUT2D eigenvalue weighted by atomic mass is 10.0. The van der Waals surface area contributed by atoms with E-state index < -0.39 is 6.10 Å². The monoisotopic (exact) mass is 256 g/mol. The summed E-state index contributed by atoms with van der Waals surface area (Å²) in [5.41, 5.74) is 0. The first-order chi connectivity index (χ1) is 8.00. The Balaban J connectivity index is 2.41. The Kier molecular flexibility index (Phi) is 6.12. The summed E-state index contributed by atoms with van der Waals surface area (Å²) >= 11 is 1.60. The standard InChI is InChI=1S/C13H24N2OS/c1-10(2)11(9-15(3)4)14-8-12(16)13-6-5-7-17-13/h5-7,10-12,14,16H,8-9H2,1-4H3. The second-order valence-electron chi connectivity index (χ2n) is 5.05. The van der Waals surface area contributed by atoms with Crippen LogP contribution in [0.4, 0.5) is 0 Å². The molecule has 0 fully saturated rings. The van der Waals surface area contributed by atoms with Crippen molar-refractivity contribution < 1.29 is 5.11 Å². The topological polar surface area (TPSA) is 35.5 Å². The number of hydrogen-bond acceptors (Lipinski definition) is 4. The Morgan fingerprint density at radius 3 is 2.59 bits per heavy atom.